The number of amides is 2. The summed E-state index contributed by atoms with van der Waals surface area (Å²) in [5.74, 6) is -0.378. The summed E-state index contributed by atoms with van der Waals surface area (Å²) in [5.41, 5.74) is 1.64. The van der Waals surface area contributed by atoms with Gasteiger partial charge in [0.2, 0.25) is 5.91 Å². The van der Waals surface area contributed by atoms with Crippen molar-refractivity contribution in [1.82, 2.24) is 10.2 Å². The van der Waals surface area contributed by atoms with Crippen LogP contribution in [0.2, 0.25) is 0 Å². The number of nitrogens with zero attached hydrogens (tertiary/aromatic N) is 1. The van der Waals surface area contributed by atoms with Crippen molar-refractivity contribution in [2.45, 2.75) is 64.3 Å². The third kappa shape index (κ3) is 8.70. The van der Waals surface area contributed by atoms with Crippen LogP contribution in [-0.4, -0.2) is 55.0 Å². The van der Waals surface area contributed by atoms with Crippen LogP contribution in [0, 0.1) is 0 Å². The maximum Gasteiger partial charge on any atom is 0.308 e. The minimum atomic E-state index is -0.882. The van der Waals surface area contributed by atoms with Crippen LogP contribution < -0.4 is 10.1 Å². The van der Waals surface area contributed by atoms with Crippen LogP contribution in [0.3, 0.4) is 0 Å². The number of aryl methyl sites for hydroxylation is 1. The molecule has 1 fully saturated rings. The molecule has 2 aromatic carbocycles. The maximum absolute atomic E-state index is 13.2. The van der Waals surface area contributed by atoms with Crippen molar-refractivity contribution < 1.29 is 23.9 Å². The van der Waals surface area contributed by atoms with Gasteiger partial charge >= 0.3 is 5.97 Å². The Hall–Kier alpha value is -3.35. The lowest BCUT2D eigenvalue weighted by atomic mass is 10.1. The topological polar surface area (TPSA) is 84.9 Å². The van der Waals surface area contributed by atoms with Gasteiger partial charge in [0.1, 0.15) is 11.8 Å². The molecule has 36 heavy (non-hydrogen) atoms. The van der Waals surface area contributed by atoms with E-state index in [9.17, 15) is 14.4 Å². The van der Waals surface area contributed by atoms with Crippen LogP contribution in [0.1, 0.15) is 67.8 Å². The quantitative estimate of drug-likeness (QED) is 0.308. The molecule has 2 aromatic rings. The third-order valence-electron chi connectivity index (χ3n) is 6.29. The summed E-state index contributed by atoms with van der Waals surface area (Å²) in [6.45, 7) is 3.81. The molecule has 1 saturated heterocycles. The second-order valence-electron chi connectivity index (χ2n) is 9.11. The van der Waals surface area contributed by atoms with E-state index in [-0.39, 0.29) is 24.8 Å². The van der Waals surface area contributed by atoms with Crippen LogP contribution in [0.25, 0.3) is 0 Å². The molecule has 0 aromatic heterocycles. The predicted molar refractivity (Wildman–Crippen MR) is 139 cm³/mol. The Labute approximate surface area is 214 Å². The van der Waals surface area contributed by atoms with Gasteiger partial charge in [0.25, 0.3) is 5.91 Å². The Morgan fingerprint density at radius 1 is 0.944 bits per heavy atom. The first-order valence-corrected chi connectivity index (χ1v) is 13.1. The average Bonchev–Trinajstić information content (AvgIpc) is 2.90. The number of piperazine rings is 1. The fraction of sp³-hybridized carbons (Fsp3) is 0.483. The van der Waals surface area contributed by atoms with Crippen LogP contribution in [-0.2, 0) is 20.7 Å². The monoisotopic (exact) mass is 494 g/mol. The summed E-state index contributed by atoms with van der Waals surface area (Å²) in [6, 6.07) is 16.1. The largest absolute Gasteiger partial charge is 0.494 e. The number of hydrogen-bond donors (Lipinski definition) is 1. The van der Waals surface area contributed by atoms with E-state index in [0.717, 1.165) is 19.3 Å². The first-order chi connectivity index (χ1) is 17.6. The van der Waals surface area contributed by atoms with E-state index in [0.29, 0.717) is 37.4 Å². The van der Waals surface area contributed by atoms with Crippen LogP contribution in [0.4, 0.5) is 0 Å². The van der Waals surface area contributed by atoms with E-state index in [1.165, 1.54) is 29.7 Å². The van der Waals surface area contributed by atoms with Crippen molar-refractivity contribution >= 4 is 17.8 Å². The summed E-state index contributed by atoms with van der Waals surface area (Å²) in [6.07, 6.45) is 7.18. The van der Waals surface area contributed by atoms with Gasteiger partial charge in [0, 0.05) is 18.7 Å². The Balaban J connectivity index is 1.47. The molecule has 0 radical (unpaired) electrons. The van der Waals surface area contributed by atoms with E-state index in [4.69, 9.17) is 9.47 Å². The summed E-state index contributed by atoms with van der Waals surface area (Å²) in [5, 5.41) is 2.75. The molecule has 1 heterocycles. The molecule has 7 nitrogen and oxygen atoms in total. The highest BCUT2D eigenvalue weighted by atomic mass is 16.5. The molecule has 7 heteroatoms. The number of ether oxygens (including phenoxy) is 2. The Morgan fingerprint density at radius 2 is 1.69 bits per heavy atom. The first-order valence-electron chi connectivity index (χ1n) is 13.1. The highest BCUT2D eigenvalue weighted by Crippen LogP contribution is 2.18. The number of unbranched alkanes of at least 4 members (excludes halogenated alkanes) is 4. The van der Waals surface area contributed by atoms with Gasteiger partial charge in [-0.25, -0.2) is 0 Å². The van der Waals surface area contributed by atoms with Gasteiger partial charge in [-0.15, -0.1) is 0 Å². The van der Waals surface area contributed by atoms with Gasteiger partial charge in [-0.3, -0.25) is 14.4 Å². The summed E-state index contributed by atoms with van der Waals surface area (Å²) >= 11 is 0. The first kappa shape index (κ1) is 27.2. The number of carbonyl (C=O) groups excluding carboxylic acids is 3. The number of benzene rings is 2. The summed E-state index contributed by atoms with van der Waals surface area (Å²) < 4.78 is 11.1. The van der Waals surface area contributed by atoms with E-state index in [1.807, 2.05) is 30.3 Å². The zero-order valence-corrected chi connectivity index (χ0v) is 21.2. The molecular weight excluding hydrogens is 456 g/mol. The van der Waals surface area contributed by atoms with E-state index in [1.54, 1.807) is 24.3 Å². The number of nitrogens with one attached hydrogen (secondary N) is 1. The molecule has 0 spiro atoms. The van der Waals surface area contributed by atoms with Gasteiger partial charge in [-0.1, -0.05) is 62.9 Å². The number of rotatable bonds is 14. The lowest BCUT2D eigenvalue weighted by molar-refractivity contribution is -0.147. The van der Waals surface area contributed by atoms with Crippen molar-refractivity contribution in [2.24, 2.45) is 0 Å². The smallest absolute Gasteiger partial charge is 0.308 e. The average molecular weight is 495 g/mol. The SMILES string of the molecule is CCCCCCCOc1ccc(C(=O)N2CCNC(=O)C2CC(=O)OCCCc2ccccc2)cc1. The molecule has 3 rings (SSSR count). The standard InChI is InChI=1S/C29H38N2O5/c1-2-3-4-5-9-20-35-25-16-14-24(15-17-25)29(34)31-19-18-30-28(33)26(31)22-27(32)36-21-10-13-23-11-7-6-8-12-23/h6-8,11-12,14-17,26H,2-5,9-10,13,18-22H2,1H3,(H,30,33). The van der Waals surface area contributed by atoms with Crippen molar-refractivity contribution in [3.05, 3.63) is 65.7 Å². The van der Waals surface area contributed by atoms with Crippen molar-refractivity contribution in [2.75, 3.05) is 26.3 Å². The minimum Gasteiger partial charge on any atom is -0.494 e. The van der Waals surface area contributed by atoms with E-state index >= 15 is 0 Å². The molecule has 0 saturated carbocycles. The van der Waals surface area contributed by atoms with E-state index < -0.39 is 12.0 Å². The summed E-state index contributed by atoms with van der Waals surface area (Å²) in [4.78, 5) is 39.6. The lowest BCUT2D eigenvalue weighted by Crippen LogP contribution is -2.57. The number of esters is 1. The molecule has 1 atom stereocenters. The molecule has 1 aliphatic rings. The number of carbonyl (C=O) groups is 3. The van der Waals surface area contributed by atoms with E-state index in [2.05, 4.69) is 12.2 Å². The molecule has 0 aliphatic carbocycles. The Kier molecular flexibility index (Phi) is 11.3. The van der Waals surface area contributed by atoms with Crippen LogP contribution in [0.15, 0.2) is 54.6 Å². The second kappa shape index (κ2) is 14.9. The molecule has 194 valence electrons. The van der Waals surface area contributed by atoms with Gasteiger partial charge in [-0.05, 0) is 49.1 Å². The predicted octanol–water partition coefficient (Wildman–Crippen LogP) is 4.54. The highest BCUT2D eigenvalue weighted by Gasteiger charge is 2.35. The molecule has 0 bridgehead atoms. The molecule has 1 aliphatic heterocycles. The van der Waals surface area contributed by atoms with Gasteiger partial charge < -0.3 is 19.7 Å². The van der Waals surface area contributed by atoms with Gasteiger partial charge in [-0.2, -0.15) is 0 Å². The Morgan fingerprint density at radius 3 is 2.44 bits per heavy atom. The fourth-order valence-electron chi connectivity index (χ4n) is 4.24. The molecule has 1 N–H and O–H groups in total. The lowest BCUT2D eigenvalue weighted by Gasteiger charge is -2.34. The highest BCUT2D eigenvalue weighted by molar-refractivity contribution is 5.99. The normalized spacial score (nSPS) is 15.3. The molecule has 2 amide bonds. The third-order valence-corrected chi connectivity index (χ3v) is 6.29. The minimum absolute atomic E-state index is 0.165. The zero-order valence-electron chi connectivity index (χ0n) is 21.2. The zero-order chi connectivity index (χ0) is 25.6. The van der Waals surface area contributed by atoms with Crippen molar-refractivity contribution in [1.29, 1.82) is 0 Å². The van der Waals surface area contributed by atoms with Gasteiger partial charge in [0.15, 0.2) is 0 Å². The summed E-state index contributed by atoms with van der Waals surface area (Å²) in [7, 11) is 0. The fourth-order valence-corrected chi connectivity index (χ4v) is 4.24. The van der Waals surface area contributed by atoms with Crippen LogP contribution in [0.5, 0.6) is 5.75 Å². The molecule has 1 unspecified atom stereocenters. The number of hydrogen-bond acceptors (Lipinski definition) is 5. The van der Waals surface area contributed by atoms with Gasteiger partial charge in [0.05, 0.1) is 19.6 Å². The Bertz CT molecular complexity index is 961. The van der Waals surface area contributed by atoms with Crippen molar-refractivity contribution in [3.63, 3.8) is 0 Å². The van der Waals surface area contributed by atoms with Crippen molar-refractivity contribution in [3.8, 4) is 5.75 Å². The maximum atomic E-state index is 13.2. The van der Waals surface area contributed by atoms with Crippen LogP contribution >= 0.6 is 0 Å². The second-order valence-corrected chi connectivity index (χ2v) is 9.11. The molecular formula is C29H38N2O5.